The average Bonchev–Trinajstić information content (AvgIpc) is 2.96. The lowest BCUT2D eigenvalue weighted by Crippen LogP contribution is -2.35. The Labute approximate surface area is 256 Å². The number of unbranched alkanes of at least 4 members (excludes halogenated alkanes) is 26. The first-order valence-corrected chi connectivity index (χ1v) is 19.1. The molecule has 0 heterocycles. The number of nitrogens with zero attached hydrogens (tertiary/aromatic N) is 2. The van der Waals surface area contributed by atoms with Gasteiger partial charge in [0.25, 0.3) is 0 Å². The highest BCUT2D eigenvalue weighted by molar-refractivity contribution is 4.63. The summed E-state index contributed by atoms with van der Waals surface area (Å²) in [4.78, 5) is 5.44. The Morgan fingerprint density at radius 3 is 0.800 bits per heavy atom. The molecule has 2 heteroatoms. The average molecular weight is 565 g/mol. The Morgan fingerprint density at radius 1 is 0.250 bits per heavy atom. The van der Waals surface area contributed by atoms with E-state index in [1.54, 1.807) is 0 Å². The Kier molecular flexibility index (Phi) is 35.0. The maximum Gasteiger partial charge on any atom is 0.0109 e. The summed E-state index contributed by atoms with van der Waals surface area (Å²) in [7, 11) is 2.37. The molecule has 0 N–H and O–H groups in total. The van der Waals surface area contributed by atoms with E-state index in [1.165, 1.54) is 219 Å². The van der Waals surface area contributed by atoms with E-state index in [-0.39, 0.29) is 0 Å². The third-order valence-electron chi connectivity index (χ3n) is 9.10. The van der Waals surface area contributed by atoms with E-state index in [4.69, 9.17) is 0 Å². The fourth-order valence-electron chi connectivity index (χ4n) is 6.10. The Morgan fingerprint density at radius 2 is 0.500 bits per heavy atom. The quantitative estimate of drug-likeness (QED) is 0.0706. The molecular formula is C38H80N2. The normalized spacial score (nSPS) is 11.8. The Hall–Kier alpha value is -0.0800. The van der Waals surface area contributed by atoms with E-state index in [2.05, 4.69) is 37.6 Å². The van der Waals surface area contributed by atoms with Gasteiger partial charge in [-0.3, -0.25) is 0 Å². The van der Waals surface area contributed by atoms with E-state index in [1.807, 2.05) is 0 Å². The SMILES string of the molecule is CCCCCCCCCCCCN(C)CCN(CCCCCCCCCCC)CCCCCCCCCCCC. The van der Waals surface area contributed by atoms with Crippen molar-refractivity contribution in [2.24, 2.45) is 0 Å². The number of rotatable bonds is 35. The van der Waals surface area contributed by atoms with Gasteiger partial charge < -0.3 is 9.80 Å². The van der Waals surface area contributed by atoms with Crippen LogP contribution < -0.4 is 0 Å². The minimum Gasteiger partial charge on any atom is -0.305 e. The van der Waals surface area contributed by atoms with E-state index >= 15 is 0 Å². The zero-order valence-electron chi connectivity index (χ0n) is 28.9. The molecule has 0 amide bonds. The highest BCUT2D eigenvalue weighted by atomic mass is 15.2. The van der Waals surface area contributed by atoms with Gasteiger partial charge in [-0.05, 0) is 45.9 Å². The molecule has 40 heavy (non-hydrogen) atoms. The summed E-state index contributed by atoms with van der Waals surface area (Å²) < 4.78 is 0. The number of likely N-dealkylation sites (N-methyl/N-ethyl adjacent to an activating group) is 1. The van der Waals surface area contributed by atoms with Gasteiger partial charge in [0, 0.05) is 13.1 Å². The second-order valence-electron chi connectivity index (χ2n) is 13.3. The van der Waals surface area contributed by atoms with Crippen molar-refractivity contribution in [2.75, 3.05) is 39.8 Å². The van der Waals surface area contributed by atoms with Gasteiger partial charge in [0.2, 0.25) is 0 Å². The maximum absolute atomic E-state index is 2.82. The molecule has 0 radical (unpaired) electrons. The molecular weight excluding hydrogens is 484 g/mol. The third kappa shape index (κ3) is 32.4. The highest BCUT2D eigenvalue weighted by Crippen LogP contribution is 2.13. The summed E-state index contributed by atoms with van der Waals surface area (Å²) >= 11 is 0. The molecule has 0 aliphatic heterocycles. The molecule has 0 rings (SSSR count). The van der Waals surface area contributed by atoms with E-state index in [0.717, 1.165) is 0 Å². The summed E-state index contributed by atoms with van der Waals surface area (Å²) in [6.45, 7) is 13.4. The summed E-state index contributed by atoms with van der Waals surface area (Å²) in [6, 6.07) is 0. The second kappa shape index (κ2) is 35.1. The van der Waals surface area contributed by atoms with Crippen molar-refractivity contribution in [1.82, 2.24) is 9.80 Å². The summed E-state index contributed by atoms with van der Waals surface area (Å²) in [5, 5.41) is 0. The smallest absolute Gasteiger partial charge is 0.0109 e. The number of hydrogen-bond acceptors (Lipinski definition) is 2. The molecule has 0 aromatic heterocycles. The minimum absolute atomic E-state index is 1.26. The molecule has 0 fully saturated rings. The van der Waals surface area contributed by atoms with Gasteiger partial charge in [-0.1, -0.05) is 188 Å². The fraction of sp³-hybridized carbons (Fsp3) is 1.00. The van der Waals surface area contributed by atoms with Gasteiger partial charge >= 0.3 is 0 Å². The van der Waals surface area contributed by atoms with Gasteiger partial charge in [-0.15, -0.1) is 0 Å². The lowest BCUT2D eigenvalue weighted by atomic mass is 10.1. The van der Waals surface area contributed by atoms with E-state index in [9.17, 15) is 0 Å². The molecule has 0 aromatic carbocycles. The van der Waals surface area contributed by atoms with Crippen LogP contribution in [0.1, 0.15) is 207 Å². The van der Waals surface area contributed by atoms with Crippen LogP contribution in [0.25, 0.3) is 0 Å². The van der Waals surface area contributed by atoms with Crippen molar-refractivity contribution in [2.45, 2.75) is 207 Å². The summed E-state index contributed by atoms with van der Waals surface area (Å²) in [6.07, 6.45) is 41.8. The Balaban J connectivity index is 4.00. The van der Waals surface area contributed by atoms with Crippen LogP contribution in [0, 0.1) is 0 Å². The van der Waals surface area contributed by atoms with Crippen molar-refractivity contribution in [3.8, 4) is 0 Å². The van der Waals surface area contributed by atoms with Crippen LogP contribution in [0.5, 0.6) is 0 Å². The predicted octanol–water partition coefficient (Wildman–Crippen LogP) is 12.6. The van der Waals surface area contributed by atoms with Crippen LogP contribution >= 0.6 is 0 Å². The first-order chi connectivity index (χ1) is 19.7. The van der Waals surface area contributed by atoms with E-state index in [0.29, 0.717) is 0 Å². The molecule has 0 unspecified atom stereocenters. The highest BCUT2D eigenvalue weighted by Gasteiger charge is 2.07. The third-order valence-corrected chi connectivity index (χ3v) is 9.10. The minimum atomic E-state index is 1.26. The summed E-state index contributed by atoms with van der Waals surface area (Å²) in [5.74, 6) is 0. The Bertz CT molecular complexity index is 437. The van der Waals surface area contributed by atoms with Crippen molar-refractivity contribution in [1.29, 1.82) is 0 Å². The van der Waals surface area contributed by atoms with Crippen molar-refractivity contribution in [3.05, 3.63) is 0 Å². The van der Waals surface area contributed by atoms with Crippen LogP contribution in [0.3, 0.4) is 0 Å². The molecule has 0 bridgehead atoms. The van der Waals surface area contributed by atoms with Crippen LogP contribution in [0.4, 0.5) is 0 Å². The molecule has 242 valence electrons. The maximum atomic E-state index is 2.82. The molecule has 0 aliphatic rings. The molecule has 0 atom stereocenters. The largest absolute Gasteiger partial charge is 0.305 e. The predicted molar refractivity (Wildman–Crippen MR) is 185 cm³/mol. The lowest BCUT2D eigenvalue weighted by Gasteiger charge is -2.25. The molecule has 0 saturated carbocycles. The molecule has 2 nitrogen and oxygen atoms in total. The van der Waals surface area contributed by atoms with Gasteiger partial charge in [-0.2, -0.15) is 0 Å². The van der Waals surface area contributed by atoms with Gasteiger partial charge in [-0.25, -0.2) is 0 Å². The van der Waals surface area contributed by atoms with Gasteiger partial charge in [0.15, 0.2) is 0 Å². The zero-order chi connectivity index (χ0) is 29.2. The fourth-order valence-corrected chi connectivity index (χ4v) is 6.10. The molecule has 0 aliphatic carbocycles. The van der Waals surface area contributed by atoms with Gasteiger partial charge in [0.05, 0.1) is 0 Å². The van der Waals surface area contributed by atoms with Crippen LogP contribution in [-0.4, -0.2) is 49.6 Å². The van der Waals surface area contributed by atoms with Crippen molar-refractivity contribution >= 4 is 0 Å². The molecule has 0 aromatic rings. The number of hydrogen-bond donors (Lipinski definition) is 0. The van der Waals surface area contributed by atoms with E-state index < -0.39 is 0 Å². The van der Waals surface area contributed by atoms with Crippen LogP contribution in [-0.2, 0) is 0 Å². The van der Waals surface area contributed by atoms with Crippen molar-refractivity contribution < 1.29 is 0 Å². The zero-order valence-corrected chi connectivity index (χ0v) is 28.9. The monoisotopic (exact) mass is 565 g/mol. The second-order valence-corrected chi connectivity index (χ2v) is 13.3. The van der Waals surface area contributed by atoms with Crippen molar-refractivity contribution in [3.63, 3.8) is 0 Å². The topological polar surface area (TPSA) is 6.48 Å². The van der Waals surface area contributed by atoms with Crippen LogP contribution in [0.15, 0.2) is 0 Å². The first kappa shape index (κ1) is 39.9. The standard InChI is InChI=1S/C38H80N2/c1-5-8-11-14-17-20-23-25-28-31-34-39(4)37-38-40(35-32-29-26-22-19-16-13-10-7-3)36-33-30-27-24-21-18-15-12-9-6-2/h5-38H2,1-4H3. The molecule has 0 spiro atoms. The first-order valence-electron chi connectivity index (χ1n) is 19.1. The molecule has 0 saturated heterocycles. The summed E-state index contributed by atoms with van der Waals surface area (Å²) in [5.41, 5.74) is 0. The lowest BCUT2D eigenvalue weighted by molar-refractivity contribution is 0.215. The van der Waals surface area contributed by atoms with Crippen LogP contribution in [0.2, 0.25) is 0 Å². The van der Waals surface area contributed by atoms with Gasteiger partial charge in [0.1, 0.15) is 0 Å².